The second kappa shape index (κ2) is 4.73. The van der Waals surface area contributed by atoms with E-state index in [1.54, 1.807) is 4.52 Å². The Hall–Kier alpha value is -2.19. The van der Waals surface area contributed by atoms with Crippen LogP contribution in [-0.2, 0) is 4.74 Å². The lowest BCUT2D eigenvalue weighted by Crippen LogP contribution is -2.34. The van der Waals surface area contributed by atoms with Crippen LogP contribution in [0.4, 0.5) is 5.82 Å². The van der Waals surface area contributed by atoms with Crippen LogP contribution in [0, 0.1) is 0 Å². The van der Waals surface area contributed by atoms with E-state index < -0.39 is 5.60 Å². The number of nitrogens with zero attached hydrogens (tertiary/aromatic N) is 4. The lowest BCUT2D eigenvalue weighted by molar-refractivity contribution is -0.0286. The van der Waals surface area contributed by atoms with Crippen molar-refractivity contribution < 1.29 is 15.1 Å². The van der Waals surface area contributed by atoms with Crippen molar-refractivity contribution in [2.75, 3.05) is 12.3 Å². The van der Waals surface area contributed by atoms with Crippen LogP contribution in [0.2, 0.25) is 0 Å². The van der Waals surface area contributed by atoms with Crippen molar-refractivity contribution in [2.24, 2.45) is 5.16 Å². The Morgan fingerprint density at radius 3 is 3.20 bits per heavy atom. The predicted molar refractivity (Wildman–Crippen MR) is 70.6 cm³/mol. The second-order valence-corrected chi connectivity index (χ2v) is 4.81. The first-order valence-corrected chi connectivity index (χ1v) is 6.24. The van der Waals surface area contributed by atoms with Crippen molar-refractivity contribution in [1.29, 1.82) is 0 Å². The van der Waals surface area contributed by atoms with Gasteiger partial charge in [0.05, 0.1) is 18.5 Å². The highest BCUT2D eigenvalue weighted by molar-refractivity contribution is 5.69. The van der Waals surface area contributed by atoms with Crippen molar-refractivity contribution in [3.63, 3.8) is 0 Å². The smallest absolute Gasteiger partial charge is 0.151 e. The van der Waals surface area contributed by atoms with Crippen LogP contribution in [0.25, 0.3) is 5.52 Å². The highest BCUT2D eigenvalue weighted by Gasteiger charge is 2.40. The number of rotatable bonds is 3. The predicted octanol–water partition coefficient (Wildman–Crippen LogP) is 0.354. The minimum atomic E-state index is -0.942. The number of nitrogen functional groups attached to an aromatic ring is 1. The van der Waals surface area contributed by atoms with E-state index in [1.165, 1.54) is 12.5 Å². The summed E-state index contributed by atoms with van der Waals surface area (Å²) < 4.78 is 7.53. The van der Waals surface area contributed by atoms with Crippen LogP contribution in [0.3, 0.4) is 0 Å². The quantitative estimate of drug-likeness (QED) is 0.423. The van der Waals surface area contributed by atoms with E-state index >= 15 is 0 Å². The number of fused-ring (bicyclic) bond motifs is 1. The zero-order valence-corrected chi connectivity index (χ0v) is 10.7. The number of aliphatic hydroxyl groups excluding tert-OH is 1. The van der Waals surface area contributed by atoms with E-state index in [-0.39, 0.29) is 12.7 Å². The van der Waals surface area contributed by atoms with Crippen molar-refractivity contribution in [2.45, 2.75) is 24.5 Å². The number of hydrogen-bond donors (Lipinski definition) is 3. The summed E-state index contributed by atoms with van der Waals surface area (Å²) in [5, 5.41) is 25.3. The van der Waals surface area contributed by atoms with Gasteiger partial charge < -0.3 is 20.8 Å². The first-order chi connectivity index (χ1) is 9.69. The maximum atomic E-state index is 9.44. The van der Waals surface area contributed by atoms with E-state index in [2.05, 4.69) is 15.2 Å². The molecule has 20 heavy (non-hydrogen) atoms. The molecule has 1 saturated heterocycles. The lowest BCUT2D eigenvalue weighted by atomic mass is 10.0. The van der Waals surface area contributed by atoms with Gasteiger partial charge in [-0.25, -0.2) is 9.50 Å². The molecular weight excluding hydrogens is 262 g/mol. The van der Waals surface area contributed by atoms with Crippen LogP contribution >= 0.6 is 0 Å². The number of aromatic nitrogens is 3. The van der Waals surface area contributed by atoms with Gasteiger partial charge in [0, 0.05) is 0 Å². The third kappa shape index (κ3) is 1.89. The molecule has 2 atom stereocenters. The van der Waals surface area contributed by atoms with Crippen LogP contribution < -0.4 is 5.73 Å². The van der Waals surface area contributed by atoms with Gasteiger partial charge in [-0.3, -0.25) is 0 Å². The van der Waals surface area contributed by atoms with Crippen molar-refractivity contribution in [1.82, 2.24) is 14.6 Å². The lowest BCUT2D eigenvalue weighted by Gasteiger charge is -2.21. The number of aliphatic hydroxyl groups is 1. The summed E-state index contributed by atoms with van der Waals surface area (Å²) in [6, 6.07) is 3.70. The molecule has 0 radical (unpaired) electrons. The molecule has 106 valence electrons. The summed E-state index contributed by atoms with van der Waals surface area (Å²) in [5.41, 5.74) is 6.39. The third-order valence-corrected chi connectivity index (χ3v) is 3.61. The molecule has 8 nitrogen and oxygen atoms in total. The average Bonchev–Trinajstić information content (AvgIpc) is 3.04. The van der Waals surface area contributed by atoms with Gasteiger partial charge in [0.15, 0.2) is 5.82 Å². The Bertz CT molecular complexity index is 656. The SMILES string of the molecule is Nc1ncnn2c([C@H]3CC[C@@](C=NO)(CO)O3)ccc12. The summed E-state index contributed by atoms with van der Waals surface area (Å²) >= 11 is 0. The summed E-state index contributed by atoms with van der Waals surface area (Å²) in [6.07, 6.45) is 3.60. The molecule has 0 amide bonds. The topological polar surface area (TPSA) is 118 Å². The molecule has 1 fully saturated rings. The normalized spacial score (nSPS) is 26.8. The second-order valence-electron chi connectivity index (χ2n) is 4.81. The van der Waals surface area contributed by atoms with Gasteiger partial charge in [-0.05, 0) is 25.0 Å². The van der Waals surface area contributed by atoms with E-state index in [4.69, 9.17) is 15.7 Å². The molecule has 0 spiro atoms. The Kier molecular flexibility index (Phi) is 3.03. The molecule has 4 N–H and O–H groups in total. The summed E-state index contributed by atoms with van der Waals surface area (Å²) in [4.78, 5) is 3.93. The van der Waals surface area contributed by atoms with Crippen molar-refractivity contribution in [3.05, 3.63) is 24.2 Å². The highest BCUT2D eigenvalue weighted by atomic mass is 16.5. The molecule has 8 heteroatoms. The maximum absolute atomic E-state index is 9.44. The zero-order valence-electron chi connectivity index (χ0n) is 10.7. The maximum Gasteiger partial charge on any atom is 0.151 e. The summed E-state index contributed by atoms with van der Waals surface area (Å²) in [5.74, 6) is 0.398. The average molecular weight is 277 g/mol. The molecule has 1 aliphatic rings. The van der Waals surface area contributed by atoms with E-state index in [9.17, 15) is 5.11 Å². The number of hydrogen-bond acceptors (Lipinski definition) is 7. The third-order valence-electron chi connectivity index (χ3n) is 3.61. The van der Waals surface area contributed by atoms with Crippen molar-refractivity contribution in [3.8, 4) is 0 Å². The summed E-state index contributed by atoms with van der Waals surface area (Å²) in [7, 11) is 0. The first-order valence-electron chi connectivity index (χ1n) is 6.24. The van der Waals surface area contributed by atoms with Crippen molar-refractivity contribution >= 4 is 17.5 Å². The van der Waals surface area contributed by atoms with Crippen LogP contribution in [0.15, 0.2) is 23.6 Å². The Labute approximate surface area is 114 Å². The fourth-order valence-corrected chi connectivity index (χ4v) is 2.56. The van der Waals surface area contributed by atoms with E-state index in [0.717, 1.165) is 5.69 Å². The number of oxime groups is 1. The molecule has 0 bridgehead atoms. The standard InChI is InChI=1S/C12H15N5O3/c13-11-9-2-1-8(17(9)15-7-14-11)10-3-4-12(6-18,20-10)5-16-19/h1-2,5,7,10,18-19H,3-4,6H2,(H2,13,14,15)/t10-,12-/m1/s1. The molecule has 2 aromatic heterocycles. The molecule has 3 rings (SSSR count). The van der Waals surface area contributed by atoms with Gasteiger partial charge in [0.1, 0.15) is 23.5 Å². The minimum Gasteiger partial charge on any atom is -0.411 e. The summed E-state index contributed by atoms with van der Waals surface area (Å²) in [6.45, 7) is -0.242. The fourth-order valence-electron chi connectivity index (χ4n) is 2.56. The van der Waals surface area contributed by atoms with Gasteiger partial charge in [0.2, 0.25) is 0 Å². The highest BCUT2D eigenvalue weighted by Crippen LogP contribution is 2.39. The molecule has 0 saturated carbocycles. The van der Waals surface area contributed by atoms with Crippen LogP contribution in [0.5, 0.6) is 0 Å². The van der Waals surface area contributed by atoms with Gasteiger partial charge in [-0.15, -0.1) is 0 Å². The largest absolute Gasteiger partial charge is 0.411 e. The zero-order chi connectivity index (χ0) is 14.2. The van der Waals surface area contributed by atoms with Crippen LogP contribution in [0.1, 0.15) is 24.6 Å². The molecule has 0 aromatic carbocycles. The molecular formula is C12H15N5O3. The van der Waals surface area contributed by atoms with Gasteiger partial charge in [0.25, 0.3) is 0 Å². The van der Waals surface area contributed by atoms with Gasteiger partial charge >= 0.3 is 0 Å². The molecule has 0 aliphatic carbocycles. The molecule has 3 heterocycles. The number of anilines is 1. The molecule has 1 aliphatic heterocycles. The van der Waals surface area contributed by atoms with E-state index in [0.29, 0.717) is 24.2 Å². The molecule has 2 aromatic rings. The van der Waals surface area contributed by atoms with Gasteiger partial charge in [-0.2, -0.15) is 5.10 Å². The Balaban J connectivity index is 1.96. The number of ether oxygens (including phenoxy) is 1. The Morgan fingerprint density at radius 1 is 1.60 bits per heavy atom. The van der Waals surface area contributed by atoms with E-state index in [1.807, 2.05) is 12.1 Å². The van der Waals surface area contributed by atoms with Crippen LogP contribution in [-0.4, -0.2) is 43.3 Å². The fraction of sp³-hybridized carbons (Fsp3) is 0.417. The number of nitrogens with two attached hydrogens (primary N) is 1. The monoisotopic (exact) mass is 277 g/mol. The van der Waals surface area contributed by atoms with Gasteiger partial charge in [-0.1, -0.05) is 5.16 Å². The Morgan fingerprint density at radius 2 is 2.45 bits per heavy atom. The minimum absolute atomic E-state index is 0.242. The first kappa shape index (κ1) is 12.8. The molecule has 0 unspecified atom stereocenters.